The second-order valence-corrected chi connectivity index (χ2v) is 6.37. The first-order valence-corrected chi connectivity index (χ1v) is 7.22. The van der Waals surface area contributed by atoms with Gasteiger partial charge in [0.05, 0.1) is 0 Å². The molecule has 0 unspecified atom stereocenters. The number of rotatable bonds is 3. The summed E-state index contributed by atoms with van der Waals surface area (Å²) in [7, 11) is 0. The van der Waals surface area contributed by atoms with Crippen LogP contribution in [0.4, 0.5) is 0 Å². The standard InChI is InChI=1S/C16H27N/c1-14(2)15-6-8-16(3,9-7-15)10-13-17-11-4-5-12-17/h6,8,10,13-15H,4-5,7,9,11-12H2,1-3H3/b13-10+/t15-,16-/m0/s1. The van der Waals surface area contributed by atoms with E-state index in [-0.39, 0.29) is 0 Å². The van der Waals surface area contributed by atoms with Crippen molar-refractivity contribution >= 4 is 0 Å². The van der Waals surface area contributed by atoms with E-state index < -0.39 is 0 Å². The molecule has 1 aliphatic carbocycles. The molecule has 1 nitrogen and oxygen atoms in total. The molecule has 1 saturated heterocycles. The Morgan fingerprint density at radius 3 is 2.53 bits per heavy atom. The molecule has 0 N–H and O–H groups in total. The Morgan fingerprint density at radius 1 is 1.29 bits per heavy atom. The topological polar surface area (TPSA) is 3.24 Å². The van der Waals surface area contributed by atoms with Gasteiger partial charge in [0, 0.05) is 18.5 Å². The predicted octanol–water partition coefficient (Wildman–Crippen LogP) is 4.22. The van der Waals surface area contributed by atoms with Gasteiger partial charge < -0.3 is 4.90 Å². The van der Waals surface area contributed by atoms with Gasteiger partial charge in [-0.2, -0.15) is 0 Å². The summed E-state index contributed by atoms with van der Waals surface area (Å²) in [6, 6.07) is 0. The van der Waals surface area contributed by atoms with Gasteiger partial charge in [-0.25, -0.2) is 0 Å². The lowest BCUT2D eigenvalue weighted by molar-refractivity contribution is 0.337. The average Bonchev–Trinajstić information content (AvgIpc) is 2.80. The summed E-state index contributed by atoms with van der Waals surface area (Å²) >= 11 is 0. The molecule has 2 rings (SSSR count). The molecule has 2 atom stereocenters. The number of likely N-dealkylation sites (tertiary alicyclic amines) is 1. The van der Waals surface area contributed by atoms with Crippen molar-refractivity contribution in [1.82, 2.24) is 4.90 Å². The summed E-state index contributed by atoms with van der Waals surface area (Å²) in [5.41, 5.74) is 0.300. The molecule has 1 heterocycles. The highest BCUT2D eigenvalue weighted by molar-refractivity contribution is 5.14. The molecule has 0 aromatic heterocycles. The van der Waals surface area contributed by atoms with Gasteiger partial charge in [0.1, 0.15) is 0 Å². The number of nitrogens with zero attached hydrogens (tertiary/aromatic N) is 1. The van der Waals surface area contributed by atoms with Crippen LogP contribution in [0.3, 0.4) is 0 Å². The quantitative estimate of drug-likeness (QED) is 0.660. The highest BCUT2D eigenvalue weighted by atomic mass is 15.1. The van der Waals surface area contributed by atoms with Crippen LogP contribution in [0.15, 0.2) is 24.4 Å². The molecular formula is C16H27N. The van der Waals surface area contributed by atoms with E-state index in [4.69, 9.17) is 0 Å². The van der Waals surface area contributed by atoms with E-state index in [9.17, 15) is 0 Å². The largest absolute Gasteiger partial charge is 0.378 e. The fourth-order valence-electron chi connectivity index (χ4n) is 2.86. The fraction of sp³-hybridized carbons (Fsp3) is 0.750. The molecular weight excluding hydrogens is 206 g/mol. The summed E-state index contributed by atoms with van der Waals surface area (Å²) in [6.45, 7) is 9.54. The minimum absolute atomic E-state index is 0.300. The van der Waals surface area contributed by atoms with Crippen molar-refractivity contribution < 1.29 is 0 Å². The lowest BCUT2D eigenvalue weighted by Gasteiger charge is -2.31. The molecule has 2 aliphatic rings. The van der Waals surface area contributed by atoms with Crippen molar-refractivity contribution in [2.45, 2.75) is 46.5 Å². The maximum Gasteiger partial charge on any atom is 0.0173 e. The van der Waals surface area contributed by atoms with Gasteiger partial charge in [-0.05, 0) is 43.7 Å². The summed E-state index contributed by atoms with van der Waals surface area (Å²) in [4.78, 5) is 2.47. The third-order valence-electron chi connectivity index (χ3n) is 4.40. The van der Waals surface area contributed by atoms with Gasteiger partial charge >= 0.3 is 0 Å². The number of hydrogen-bond donors (Lipinski definition) is 0. The zero-order valence-electron chi connectivity index (χ0n) is 11.7. The molecule has 1 aliphatic heterocycles. The van der Waals surface area contributed by atoms with Crippen molar-refractivity contribution in [3.05, 3.63) is 24.4 Å². The Kier molecular flexibility index (Phi) is 3.96. The van der Waals surface area contributed by atoms with Crippen molar-refractivity contribution in [3.63, 3.8) is 0 Å². The van der Waals surface area contributed by atoms with Crippen LogP contribution < -0.4 is 0 Å². The molecule has 0 radical (unpaired) electrons. The SMILES string of the molecule is CC(C)[C@H]1C=C[C@](C)(/C=C/N2CCCC2)CC1. The zero-order valence-corrected chi connectivity index (χ0v) is 11.7. The first-order chi connectivity index (χ1) is 8.09. The molecule has 0 amide bonds. The van der Waals surface area contributed by atoms with Gasteiger partial charge in [-0.1, -0.05) is 39.0 Å². The van der Waals surface area contributed by atoms with E-state index in [2.05, 4.69) is 50.1 Å². The average molecular weight is 233 g/mol. The Hall–Kier alpha value is -0.720. The van der Waals surface area contributed by atoms with Crippen LogP contribution in [0.1, 0.15) is 46.5 Å². The lowest BCUT2D eigenvalue weighted by atomic mass is 9.74. The Morgan fingerprint density at radius 2 is 2.00 bits per heavy atom. The van der Waals surface area contributed by atoms with Crippen LogP contribution in [-0.4, -0.2) is 18.0 Å². The van der Waals surface area contributed by atoms with E-state index in [1.54, 1.807) is 0 Å². The van der Waals surface area contributed by atoms with Gasteiger partial charge in [0.25, 0.3) is 0 Å². The number of hydrogen-bond acceptors (Lipinski definition) is 1. The molecule has 17 heavy (non-hydrogen) atoms. The van der Waals surface area contributed by atoms with Crippen LogP contribution >= 0.6 is 0 Å². The maximum absolute atomic E-state index is 2.47. The summed E-state index contributed by atoms with van der Waals surface area (Å²) in [5.74, 6) is 1.58. The van der Waals surface area contributed by atoms with Gasteiger partial charge in [0.15, 0.2) is 0 Å². The van der Waals surface area contributed by atoms with Crippen LogP contribution in [-0.2, 0) is 0 Å². The van der Waals surface area contributed by atoms with Crippen LogP contribution in [0.5, 0.6) is 0 Å². The van der Waals surface area contributed by atoms with Gasteiger partial charge in [-0.15, -0.1) is 0 Å². The van der Waals surface area contributed by atoms with E-state index in [0.717, 1.165) is 11.8 Å². The fourth-order valence-corrected chi connectivity index (χ4v) is 2.86. The Bertz CT molecular complexity index is 297. The minimum atomic E-state index is 0.300. The smallest absolute Gasteiger partial charge is 0.0173 e. The van der Waals surface area contributed by atoms with Crippen LogP contribution in [0.25, 0.3) is 0 Å². The van der Waals surface area contributed by atoms with Gasteiger partial charge in [0.2, 0.25) is 0 Å². The normalized spacial score (nSPS) is 34.1. The van der Waals surface area contributed by atoms with E-state index in [0.29, 0.717) is 5.41 Å². The van der Waals surface area contributed by atoms with Gasteiger partial charge in [-0.3, -0.25) is 0 Å². The number of allylic oxidation sites excluding steroid dienone is 3. The highest BCUT2D eigenvalue weighted by Crippen LogP contribution is 2.36. The molecule has 96 valence electrons. The Labute approximate surface area is 107 Å². The maximum atomic E-state index is 2.47. The summed E-state index contributed by atoms with van der Waals surface area (Å²) < 4.78 is 0. The van der Waals surface area contributed by atoms with Crippen molar-refractivity contribution in [2.24, 2.45) is 17.3 Å². The molecule has 0 aromatic carbocycles. The highest BCUT2D eigenvalue weighted by Gasteiger charge is 2.25. The summed E-state index contributed by atoms with van der Waals surface area (Å²) in [5, 5.41) is 0. The summed E-state index contributed by atoms with van der Waals surface area (Å²) in [6.07, 6.45) is 15.0. The van der Waals surface area contributed by atoms with Crippen molar-refractivity contribution in [3.8, 4) is 0 Å². The third kappa shape index (κ3) is 3.37. The van der Waals surface area contributed by atoms with E-state index >= 15 is 0 Å². The van der Waals surface area contributed by atoms with Crippen LogP contribution in [0.2, 0.25) is 0 Å². The first kappa shape index (κ1) is 12.7. The molecule has 0 bridgehead atoms. The second-order valence-electron chi connectivity index (χ2n) is 6.37. The first-order valence-electron chi connectivity index (χ1n) is 7.22. The Balaban J connectivity index is 1.93. The van der Waals surface area contributed by atoms with Crippen molar-refractivity contribution in [1.29, 1.82) is 0 Å². The third-order valence-corrected chi connectivity index (χ3v) is 4.40. The van der Waals surface area contributed by atoms with E-state index in [1.807, 2.05) is 0 Å². The second kappa shape index (κ2) is 5.29. The molecule has 1 fully saturated rings. The minimum Gasteiger partial charge on any atom is -0.378 e. The molecule has 0 spiro atoms. The monoisotopic (exact) mass is 233 g/mol. The zero-order chi connectivity index (χ0) is 12.3. The molecule has 0 aromatic rings. The molecule has 1 heteroatoms. The molecule has 0 saturated carbocycles. The van der Waals surface area contributed by atoms with Crippen molar-refractivity contribution in [2.75, 3.05) is 13.1 Å². The lowest BCUT2D eigenvalue weighted by Crippen LogP contribution is -2.21. The van der Waals surface area contributed by atoms with Crippen LogP contribution in [0, 0.1) is 17.3 Å². The van der Waals surface area contributed by atoms with E-state index in [1.165, 1.54) is 38.8 Å². The predicted molar refractivity (Wildman–Crippen MR) is 74.8 cm³/mol.